The lowest BCUT2D eigenvalue weighted by molar-refractivity contribution is -0.134. The summed E-state index contributed by atoms with van der Waals surface area (Å²) in [7, 11) is -3.37. The molecule has 0 aliphatic carbocycles. The average Bonchev–Trinajstić information content (AvgIpc) is 2.62. The third kappa shape index (κ3) is 4.35. The maximum Gasteiger partial charge on any atom is 0.344 e. The predicted molar refractivity (Wildman–Crippen MR) is 104 cm³/mol. The normalized spacial score (nSPS) is 11.3. The van der Waals surface area contributed by atoms with Gasteiger partial charge in [0.2, 0.25) is 5.75 Å². The minimum Gasteiger partial charge on any atom is -0.423 e. The van der Waals surface area contributed by atoms with Gasteiger partial charge in [-0.3, -0.25) is 9.59 Å². The predicted octanol–water partition coefficient (Wildman–Crippen LogP) is 2.71. The highest BCUT2D eigenvalue weighted by atomic mass is 32.2. The molecular formula is C20H16O8S. The summed E-state index contributed by atoms with van der Waals surface area (Å²) in [4.78, 5) is 35.4. The van der Waals surface area contributed by atoms with E-state index in [1.54, 1.807) is 0 Å². The lowest BCUT2D eigenvalue weighted by Crippen LogP contribution is -2.09. The van der Waals surface area contributed by atoms with Crippen LogP contribution in [0.3, 0.4) is 0 Å². The molecular weight excluding hydrogens is 400 g/mol. The highest BCUT2D eigenvalue weighted by Gasteiger charge is 2.19. The molecule has 3 rings (SSSR count). The van der Waals surface area contributed by atoms with Crippen molar-refractivity contribution in [1.29, 1.82) is 0 Å². The van der Waals surface area contributed by atoms with Crippen LogP contribution in [0.4, 0.5) is 0 Å². The lowest BCUT2D eigenvalue weighted by atomic mass is 10.1. The molecule has 0 unspecified atom stereocenters. The van der Waals surface area contributed by atoms with Crippen molar-refractivity contribution in [2.75, 3.05) is 6.26 Å². The summed E-state index contributed by atoms with van der Waals surface area (Å²) in [6.07, 6.45) is 1.09. The van der Waals surface area contributed by atoms with Crippen LogP contribution in [-0.4, -0.2) is 26.6 Å². The van der Waals surface area contributed by atoms with Crippen molar-refractivity contribution in [3.05, 3.63) is 52.9 Å². The van der Waals surface area contributed by atoms with Crippen molar-refractivity contribution >= 4 is 32.7 Å². The fraction of sp³-hybridized carbons (Fsp3) is 0.150. The molecule has 0 saturated carbocycles. The highest BCUT2D eigenvalue weighted by molar-refractivity contribution is 7.90. The van der Waals surface area contributed by atoms with Gasteiger partial charge in [-0.05, 0) is 35.9 Å². The van der Waals surface area contributed by atoms with Gasteiger partial charge < -0.3 is 13.9 Å². The molecule has 0 spiro atoms. The molecule has 0 saturated heterocycles. The Morgan fingerprint density at radius 3 is 2.10 bits per heavy atom. The first-order chi connectivity index (χ1) is 13.6. The monoisotopic (exact) mass is 416 g/mol. The fourth-order valence-corrected chi connectivity index (χ4v) is 3.33. The number of esters is 2. The van der Waals surface area contributed by atoms with Crippen LogP contribution >= 0.6 is 0 Å². The fourth-order valence-electron chi connectivity index (χ4n) is 2.70. The number of carbonyl (C=O) groups excluding carboxylic acids is 2. The summed E-state index contributed by atoms with van der Waals surface area (Å²) >= 11 is 0. The molecule has 0 atom stereocenters. The van der Waals surface area contributed by atoms with Crippen LogP contribution in [0.15, 0.2) is 56.6 Å². The molecule has 0 N–H and O–H groups in total. The summed E-state index contributed by atoms with van der Waals surface area (Å²) in [6.45, 7) is 2.34. The van der Waals surface area contributed by atoms with E-state index in [2.05, 4.69) is 0 Å². The molecule has 3 aromatic rings. The molecule has 0 amide bonds. The van der Waals surface area contributed by atoms with Crippen LogP contribution in [0.5, 0.6) is 11.5 Å². The molecule has 0 fully saturated rings. The quantitative estimate of drug-likeness (QED) is 0.362. The van der Waals surface area contributed by atoms with Crippen molar-refractivity contribution in [3.63, 3.8) is 0 Å². The second-order valence-electron chi connectivity index (χ2n) is 6.24. The number of fused-ring (bicyclic) bond motifs is 1. The Hall–Kier alpha value is -3.46. The molecule has 0 bridgehead atoms. The zero-order chi connectivity index (χ0) is 21.3. The van der Waals surface area contributed by atoms with Gasteiger partial charge in [0.25, 0.3) is 0 Å². The molecule has 29 heavy (non-hydrogen) atoms. The van der Waals surface area contributed by atoms with Crippen LogP contribution in [0.25, 0.3) is 22.1 Å². The number of benzene rings is 2. The molecule has 1 aromatic heterocycles. The average molecular weight is 416 g/mol. The minimum atomic E-state index is -3.37. The molecule has 2 aromatic carbocycles. The number of hydrogen-bond donors (Lipinski definition) is 0. The first-order valence-electron chi connectivity index (χ1n) is 8.34. The van der Waals surface area contributed by atoms with Crippen LogP contribution < -0.4 is 15.1 Å². The number of carbonyl (C=O) groups is 2. The van der Waals surface area contributed by atoms with Gasteiger partial charge in [-0.25, -0.2) is 13.2 Å². The topological polar surface area (TPSA) is 117 Å². The van der Waals surface area contributed by atoms with Crippen molar-refractivity contribution in [3.8, 4) is 22.6 Å². The van der Waals surface area contributed by atoms with Gasteiger partial charge in [-0.15, -0.1) is 0 Å². The molecule has 0 aliphatic heterocycles. The Morgan fingerprint density at radius 1 is 0.931 bits per heavy atom. The Kier molecular flexibility index (Phi) is 5.25. The van der Waals surface area contributed by atoms with Crippen LogP contribution in [-0.2, 0) is 19.4 Å². The maximum atomic E-state index is 12.6. The first kappa shape index (κ1) is 20.3. The van der Waals surface area contributed by atoms with Gasteiger partial charge in [0, 0.05) is 25.5 Å². The standard InChI is InChI=1S/C20H16O8S/c1-11(21)26-17-9-6-14-10-16(13-4-7-15(8-5-13)29(3,24)25)20(23)28-18(14)19(17)27-12(2)22/h4-10H,1-3H3. The molecule has 8 nitrogen and oxygen atoms in total. The van der Waals surface area contributed by atoms with Gasteiger partial charge in [0.15, 0.2) is 21.2 Å². The molecule has 9 heteroatoms. The number of sulfone groups is 1. The van der Waals surface area contributed by atoms with Crippen LogP contribution in [0.1, 0.15) is 13.8 Å². The number of ether oxygens (including phenoxy) is 2. The third-order valence-corrected chi connectivity index (χ3v) is 5.04. The Labute approximate surface area is 165 Å². The summed E-state index contributed by atoms with van der Waals surface area (Å²) in [6, 6.07) is 10.2. The smallest absolute Gasteiger partial charge is 0.344 e. The van der Waals surface area contributed by atoms with Crippen molar-refractivity contribution < 1.29 is 31.9 Å². The largest absolute Gasteiger partial charge is 0.423 e. The van der Waals surface area contributed by atoms with E-state index < -0.39 is 27.4 Å². The summed E-state index contributed by atoms with van der Waals surface area (Å²) in [5.74, 6) is -1.56. The van der Waals surface area contributed by atoms with E-state index in [1.807, 2.05) is 0 Å². The van der Waals surface area contributed by atoms with E-state index in [4.69, 9.17) is 13.9 Å². The SMILES string of the molecule is CC(=O)Oc1ccc2cc(-c3ccc(S(C)(=O)=O)cc3)c(=O)oc2c1OC(C)=O. The molecule has 0 aliphatic rings. The summed E-state index contributed by atoms with van der Waals surface area (Å²) in [5.41, 5.74) is -0.156. The zero-order valence-corrected chi connectivity index (χ0v) is 16.5. The molecule has 0 radical (unpaired) electrons. The van der Waals surface area contributed by atoms with Crippen molar-refractivity contribution in [2.24, 2.45) is 0 Å². The van der Waals surface area contributed by atoms with Crippen molar-refractivity contribution in [2.45, 2.75) is 18.7 Å². The van der Waals surface area contributed by atoms with E-state index in [0.29, 0.717) is 10.9 Å². The zero-order valence-electron chi connectivity index (χ0n) is 15.7. The highest BCUT2D eigenvalue weighted by Crippen LogP contribution is 2.36. The Morgan fingerprint density at radius 2 is 1.55 bits per heavy atom. The van der Waals surface area contributed by atoms with E-state index in [0.717, 1.165) is 13.2 Å². The van der Waals surface area contributed by atoms with E-state index >= 15 is 0 Å². The Bertz CT molecular complexity index is 1280. The van der Waals surface area contributed by atoms with E-state index in [-0.39, 0.29) is 27.5 Å². The Balaban J connectivity index is 2.18. The van der Waals surface area contributed by atoms with Crippen molar-refractivity contribution in [1.82, 2.24) is 0 Å². The number of hydrogen-bond acceptors (Lipinski definition) is 8. The third-order valence-electron chi connectivity index (χ3n) is 3.91. The first-order valence-corrected chi connectivity index (χ1v) is 10.2. The minimum absolute atomic E-state index is 0.0551. The second kappa shape index (κ2) is 7.51. The summed E-state index contributed by atoms with van der Waals surface area (Å²) < 4.78 is 38.7. The molecule has 1 heterocycles. The van der Waals surface area contributed by atoms with E-state index in [1.165, 1.54) is 49.4 Å². The lowest BCUT2D eigenvalue weighted by Gasteiger charge is -2.11. The molecule has 150 valence electrons. The van der Waals surface area contributed by atoms with Gasteiger partial charge in [-0.2, -0.15) is 0 Å². The van der Waals surface area contributed by atoms with Crippen LogP contribution in [0.2, 0.25) is 0 Å². The van der Waals surface area contributed by atoms with E-state index in [9.17, 15) is 22.8 Å². The van der Waals surface area contributed by atoms with Gasteiger partial charge in [-0.1, -0.05) is 12.1 Å². The number of rotatable bonds is 4. The second-order valence-corrected chi connectivity index (χ2v) is 8.26. The summed E-state index contributed by atoms with van der Waals surface area (Å²) in [5, 5.41) is 0.416. The van der Waals surface area contributed by atoms with Gasteiger partial charge >= 0.3 is 17.6 Å². The van der Waals surface area contributed by atoms with Gasteiger partial charge in [0.05, 0.1) is 10.5 Å². The van der Waals surface area contributed by atoms with Crippen LogP contribution in [0, 0.1) is 0 Å². The van der Waals surface area contributed by atoms with Gasteiger partial charge in [0.1, 0.15) is 0 Å². The maximum absolute atomic E-state index is 12.6.